The van der Waals surface area contributed by atoms with Gasteiger partial charge in [-0.05, 0) is 61.2 Å². The minimum atomic E-state index is -0.248. The van der Waals surface area contributed by atoms with Gasteiger partial charge in [0.2, 0.25) is 0 Å². The van der Waals surface area contributed by atoms with Gasteiger partial charge in [-0.2, -0.15) is 10.4 Å². The number of H-pyrrole nitrogens is 1. The number of benzene rings is 2. The molecule has 1 amide bonds. The molecular weight excluding hydrogens is 386 g/mol. The largest absolute Gasteiger partial charge is 0.321 e. The van der Waals surface area contributed by atoms with Crippen molar-refractivity contribution < 1.29 is 4.79 Å². The second-order valence-electron chi connectivity index (χ2n) is 6.98. The SMILES string of the molecule is Cl.N#Cc1cccc(-c2cc(C(=O)Nc3ccc([C@H]4CCCNC4)cc3)[nH]n2)c1. The smallest absolute Gasteiger partial charge is 0.273 e. The summed E-state index contributed by atoms with van der Waals surface area (Å²) in [5.74, 6) is 0.292. The van der Waals surface area contributed by atoms with E-state index in [1.54, 1.807) is 24.3 Å². The Morgan fingerprint density at radius 2 is 2.00 bits per heavy atom. The molecule has 6 nitrogen and oxygen atoms in total. The van der Waals surface area contributed by atoms with E-state index in [4.69, 9.17) is 5.26 Å². The summed E-state index contributed by atoms with van der Waals surface area (Å²) >= 11 is 0. The Morgan fingerprint density at radius 1 is 1.17 bits per heavy atom. The number of aromatic amines is 1. The van der Waals surface area contributed by atoms with E-state index >= 15 is 0 Å². The van der Waals surface area contributed by atoms with Gasteiger partial charge in [0.25, 0.3) is 5.91 Å². The van der Waals surface area contributed by atoms with E-state index in [0.717, 1.165) is 24.3 Å². The zero-order chi connectivity index (χ0) is 19.3. The van der Waals surface area contributed by atoms with Gasteiger partial charge in [-0.3, -0.25) is 9.89 Å². The highest BCUT2D eigenvalue weighted by Crippen LogP contribution is 2.25. The lowest BCUT2D eigenvalue weighted by molar-refractivity contribution is 0.102. The number of halogens is 1. The Labute approximate surface area is 175 Å². The highest BCUT2D eigenvalue weighted by Gasteiger charge is 2.15. The van der Waals surface area contributed by atoms with Crippen LogP contribution in [-0.2, 0) is 0 Å². The van der Waals surface area contributed by atoms with Crippen LogP contribution >= 0.6 is 12.4 Å². The molecule has 2 heterocycles. The van der Waals surface area contributed by atoms with Crippen molar-refractivity contribution in [2.45, 2.75) is 18.8 Å². The molecule has 3 aromatic rings. The van der Waals surface area contributed by atoms with Crippen LogP contribution in [0.1, 0.15) is 40.4 Å². The molecule has 0 unspecified atom stereocenters. The maximum atomic E-state index is 12.5. The molecule has 7 heteroatoms. The van der Waals surface area contributed by atoms with Crippen molar-refractivity contribution in [3.05, 3.63) is 71.4 Å². The predicted octanol–water partition coefficient (Wildman–Crippen LogP) is 4.09. The highest BCUT2D eigenvalue weighted by atomic mass is 35.5. The number of hydrogen-bond acceptors (Lipinski definition) is 4. The van der Waals surface area contributed by atoms with Crippen molar-refractivity contribution in [1.82, 2.24) is 15.5 Å². The van der Waals surface area contributed by atoms with E-state index in [1.807, 2.05) is 18.2 Å². The first kappa shape index (κ1) is 20.6. The number of piperidine rings is 1. The summed E-state index contributed by atoms with van der Waals surface area (Å²) < 4.78 is 0. The topological polar surface area (TPSA) is 93.6 Å². The molecule has 1 saturated heterocycles. The Kier molecular flexibility index (Phi) is 6.65. The van der Waals surface area contributed by atoms with Gasteiger partial charge >= 0.3 is 0 Å². The maximum Gasteiger partial charge on any atom is 0.273 e. The summed E-state index contributed by atoms with van der Waals surface area (Å²) in [7, 11) is 0. The van der Waals surface area contributed by atoms with E-state index < -0.39 is 0 Å². The molecule has 0 aliphatic carbocycles. The van der Waals surface area contributed by atoms with E-state index in [9.17, 15) is 4.79 Å². The number of nitriles is 1. The van der Waals surface area contributed by atoms with Crippen molar-refractivity contribution in [2.24, 2.45) is 0 Å². The van der Waals surface area contributed by atoms with E-state index in [1.165, 1.54) is 18.4 Å². The molecular formula is C22H22ClN5O. The van der Waals surface area contributed by atoms with E-state index in [2.05, 4.69) is 39.0 Å². The lowest BCUT2D eigenvalue weighted by Gasteiger charge is -2.23. The lowest BCUT2D eigenvalue weighted by Crippen LogP contribution is -2.28. The molecule has 148 valence electrons. The molecule has 0 bridgehead atoms. The molecule has 1 aromatic heterocycles. The van der Waals surface area contributed by atoms with Crippen LogP contribution in [0.5, 0.6) is 0 Å². The van der Waals surface area contributed by atoms with E-state index in [0.29, 0.717) is 22.9 Å². The average Bonchev–Trinajstić information content (AvgIpc) is 3.25. The highest BCUT2D eigenvalue weighted by molar-refractivity contribution is 6.03. The zero-order valence-electron chi connectivity index (χ0n) is 15.8. The van der Waals surface area contributed by atoms with Crippen LogP contribution in [0.2, 0.25) is 0 Å². The summed E-state index contributed by atoms with van der Waals surface area (Å²) in [5, 5.41) is 22.3. The summed E-state index contributed by atoms with van der Waals surface area (Å²) in [6.45, 7) is 2.10. The molecule has 29 heavy (non-hydrogen) atoms. The maximum absolute atomic E-state index is 12.5. The number of aromatic nitrogens is 2. The molecule has 1 aliphatic rings. The van der Waals surface area contributed by atoms with Crippen LogP contribution < -0.4 is 10.6 Å². The van der Waals surface area contributed by atoms with Gasteiger partial charge < -0.3 is 10.6 Å². The number of rotatable bonds is 4. The third-order valence-electron chi connectivity index (χ3n) is 5.05. The third kappa shape index (κ3) is 4.83. The van der Waals surface area contributed by atoms with E-state index in [-0.39, 0.29) is 18.3 Å². The van der Waals surface area contributed by atoms with Crippen LogP contribution in [0.4, 0.5) is 5.69 Å². The normalized spacial score (nSPS) is 15.8. The minimum Gasteiger partial charge on any atom is -0.321 e. The monoisotopic (exact) mass is 407 g/mol. The molecule has 0 radical (unpaired) electrons. The van der Waals surface area contributed by atoms with Crippen molar-refractivity contribution in [3.63, 3.8) is 0 Å². The average molecular weight is 408 g/mol. The number of nitrogens with one attached hydrogen (secondary N) is 3. The van der Waals surface area contributed by atoms with Gasteiger partial charge in [-0.15, -0.1) is 12.4 Å². The Morgan fingerprint density at radius 3 is 2.72 bits per heavy atom. The number of nitrogens with zero attached hydrogens (tertiary/aromatic N) is 2. The second-order valence-corrected chi connectivity index (χ2v) is 6.98. The first-order valence-electron chi connectivity index (χ1n) is 9.41. The zero-order valence-corrected chi connectivity index (χ0v) is 16.6. The van der Waals surface area contributed by atoms with Gasteiger partial charge in [0.05, 0.1) is 17.3 Å². The Balaban J connectivity index is 0.00000240. The number of anilines is 1. The van der Waals surface area contributed by atoms with Crippen molar-refractivity contribution in [1.29, 1.82) is 5.26 Å². The van der Waals surface area contributed by atoms with Crippen molar-refractivity contribution in [3.8, 4) is 17.3 Å². The lowest BCUT2D eigenvalue weighted by atomic mass is 9.92. The first-order chi connectivity index (χ1) is 13.7. The molecule has 1 aliphatic heterocycles. The van der Waals surface area contributed by atoms with Crippen LogP contribution in [0.15, 0.2) is 54.6 Å². The first-order valence-corrected chi connectivity index (χ1v) is 9.41. The Hall–Kier alpha value is -3.14. The quantitative estimate of drug-likeness (QED) is 0.607. The van der Waals surface area contributed by atoms with Gasteiger partial charge in [0.15, 0.2) is 0 Å². The summed E-state index contributed by atoms with van der Waals surface area (Å²) in [4.78, 5) is 12.5. The third-order valence-corrected chi connectivity index (χ3v) is 5.05. The molecule has 0 saturated carbocycles. The van der Waals surface area contributed by atoms with Crippen molar-refractivity contribution >= 4 is 24.0 Å². The number of carbonyl (C=O) groups excluding carboxylic acids is 1. The number of hydrogen-bond donors (Lipinski definition) is 3. The van der Waals surface area contributed by atoms with Gasteiger partial charge in [-0.1, -0.05) is 24.3 Å². The molecule has 2 aromatic carbocycles. The second kappa shape index (κ2) is 9.37. The summed E-state index contributed by atoms with van der Waals surface area (Å²) in [5.41, 5.74) is 4.39. The van der Waals surface area contributed by atoms with Gasteiger partial charge in [0, 0.05) is 17.8 Å². The fraction of sp³-hybridized carbons (Fsp3) is 0.227. The molecule has 1 atom stereocenters. The van der Waals surface area contributed by atoms with Crippen LogP contribution in [0.25, 0.3) is 11.3 Å². The molecule has 1 fully saturated rings. The Bertz CT molecular complexity index is 1020. The molecule has 4 rings (SSSR count). The number of carbonyl (C=O) groups is 1. The van der Waals surface area contributed by atoms with Crippen LogP contribution in [0, 0.1) is 11.3 Å². The standard InChI is InChI=1S/C22H21N5O.ClH/c23-13-15-3-1-4-17(11-15)20-12-21(27-26-20)22(28)25-19-8-6-16(7-9-19)18-5-2-10-24-14-18;/h1,3-4,6-9,11-12,18,24H,2,5,10,14H2,(H,25,28)(H,26,27);1H/t18-;/m0./s1. The molecule has 0 spiro atoms. The fourth-order valence-electron chi connectivity index (χ4n) is 3.51. The predicted molar refractivity (Wildman–Crippen MR) is 115 cm³/mol. The fourth-order valence-corrected chi connectivity index (χ4v) is 3.51. The minimum absolute atomic E-state index is 0. The summed E-state index contributed by atoms with van der Waals surface area (Å²) in [6.07, 6.45) is 2.39. The van der Waals surface area contributed by atoms with Crippen LogP contribution in [-0.4, -0.2) is 29.2 Å². The van der Waals surface area contributed by atoms with Gasteiger partial charge in [-0.25, -0.2) is 0 Å². The van der Waals surface area contributed by atoms with Gasteiger partial charge in [0.1, 0.15) is 5.69 Å². The summed E-state index contributed by atoms with van der Waals surface area (Å²) in [6, 6.07) is 19.0. The van der Waals surface area contributed by atoms with Crippen LogP contribution in [0.3, 0.4) is 0 Å². The van der Waals surface area contributed by atoms with Crippen molar-refractivity contribution in [2.75, 3.05) is 18.4 Å². The number of amides is 1. The molecule has 3 N–H and O–H groups in total.